The molecular formula is C25H35ClN4O5. The number of nitrogens with two attached hydrogens (primary N) is 1. The van der Waals surface area contributed by atoms with E-state index in [1.165, 1.54) is 7.11 Å². The molecule has 0 spiro atoms. The lowest BCUT2D eigenvalue weighted by Crippen LogP contribution is -2.41. The highest BCUT2D eigenvalue weighted by Gasteiger charge is 2.42. The second kappa shape index (κ2) is 13.7. The zero-order chi connectivity index (χ0) is 25.2. The highest BCUT2D eigenvalue weighted by Crippen LogP contribution is 2.40. The quantitative estimate of drug-likeness (QED) is 0.347. The summed E-state index contributed by atoms with van der Waals surface area (Å²) in [4.78, 5) is 33.4. The number of nitrogens with zero attached hydrogens (tertiary/aromatic N) is 2. The third kappa shape index (κ3) is 7.35. The molecule has 1 amide bonds. The van der Waals surface area contributed by atoms with Crippen LogP contribution in [0.15, 0.2) is 40.5 Å². The van der Waals surface area contributed by atoms with Crippen LogP contribution in [0.1, 0.15) is 24.8 Å². The first kappa shape index (κ1) is 27.3. The van der Waals surface area contributed by atoms with Crippen LogP contribution < -0.4 is 11.1 Å². The molecule has 2 aliphatic rings. The SMILES string of the molecule is COC(=O)C1C(C)=NC(COCCN)=C(C(=O)NCCCN2CCOCC2)C1c1cccc(Cl)c1. The van der Waals surface area contributed by atoms with Crippen LogP contribution in [0.2, 0.25) is 5.02 Å². The Balaban J connectivity index is 1.89. The summed E-state index contributed by atoms with van der Waals surface area (Å²) in [5.74, 6) is -2.12. The van der Waals surface area contributed by atoms with Crippen LogP contribution in [-0.4, -0.2) is 88.7 Å². The van der Waals surface area contributed by atoms with Gasteiger partial charge in [0.25, 0.3) is 0 Å². The van der Waals surface area contributed by atoms with Gasteiger partial charge in [-0.2, -0.15) is 0 Å². The van der Waals surface area contributed by atoms with Crippen LogP contribution in [0.25, 0.3) is 0 Å². The predicted octanol–water partition coefficient (Wildman–Crippen LogP) is 1.76. The summed E-state index contributed by atoms with van der Waals surface area (Å²) in [6.07, 6.45) is 0.794. The summed E-state index contributed by atoms with van der Waals surface area (Å²) < 4.78 is 16.1. The molecule has 3 N–H and O–H groups in total. The number of ether oxygens (including phenoxy) is 3. The first-order chi connectivity index (χ1) is 17.0. The van der Waals surface area contributed by atoms with Crippen molar-refractivity contribution < 1.29 is 23.8 Å². The van der Waals surface area contributed by atoms with Crippen LogP contribution in [0.5, 0.6) is 0 Å². The van der Waals surface area contributed by atoms with E-state index >= 15 is 0 Å². The van der Waals surface area contributed by atoms with E-state index in [9.17, 15) is 9.59 Å². The summed E-state index contributed by atoms with van der Waals surface area (Å²) in [6.45, 7) is 7.17. The Morgan fingerprint density at radius 2 is 2.09 bits per heavy atom. The first-order valence-electron chi connectivity index (χ1n) is 11.9. The Morgan fingerprint density at radius 1 is 1.31 bits per heavy atom. The van der Waals surface area contributed by atoms with Crippen molar-refractivity contribution in [2.45, 2.75) is 19.3 Å². The van der Waals surface area contributed by atoms with Crippen molar-refractivity contribution in [1.82, 2.24) is 10.2 Å². The average molecular weight is 507 g/mol. The predicted molar refractivity (Wildman–Crippen MR) is 135 cm³/mol. The van der Waals surface area contributed by atoms with Gasteiger partial charge in [-0.05, 0) is 37.6 Å². The number of nitrogens with one attached hydrogen (secondary N) is 1. The number of morpholine rings is 1. The zero-order valence-electron chi connectivity index (χ0n) is 20.4. The van der Waals surface area contributed by atoms with Crippen LogP contribution in [0.4, 0.5) is 0 Å². The van der Waals surface area contributed by atoms with Crippen molar-refractivity contribution in [2.24, 2.45) is 16.6 Å². The lowest BCUT2D eigenvalue weighted by Gasteiger charge is -2.32. The van der Waals surface area contributed by atoms with Gasteiger partial charge in [0.15, 0.2) is 0 Å². The van der Waals surface area contributed by atoms with Gasteiger partial charge in [0, 0.05) is 48.4 Å². The summed E-state index contributed by atoms with van der Waals surface area (Å²) in [7, 11) is 1.33. The van der Waals surface area contributed by atoms with Gasteiger partial charge in [-0.1, -0.05) is 23.7 Å². The monoisotopic (exact) mass is 506 g/mol. The van der Waals surface area contributed by atoms with E-state index in [1.807, 2.05) is 6.07 Å². The molecule has 192 valence electrons. The summed E-state index contributed by atoms with van der Waals surface area (Å²) >= 11 is 6.29. The molecule has 0 aromatic heterocycles. The molecule has 0 radical (unpaired) electrons. The highest BCUT2D eigenvalue weighted by molar-refractivity contribution is 6.30. The van der Waals surface area contributed by atoms with Gasteiger partial charge < -0.3 is 25.3 Å². The maximum absolute atomic E-state index is 13.6. The lowest BCUT2D eigenvalue weighted by atomic mass is 9.75. The fourth-order valence-corrected chi connectivity index (χ4v) is 4.68. The molecule has 1 fully saturated rings. The fourth-order valence-electron chi connectivity index (χ4n) is 4.48. The molecule has 0 aliphatic carbocycles. The molecule has 1 saturated heterocycles. The molecule has 3 rings (SSSR count). The van der Waals surface area contributed by atoms with E-state index in [-0.39, 0.29) is 12.5 Å². The number of carbonyl (C=O) groups excluding carboxylic acids is 2. The second-order valence-corrected chi connectivity index (χ2v) is 8.99. The van der Waals surface area contributed by atoms with E-state index in [1.54, 1.807) is 25.1 Å². The van der Waals surface area contributed by atoms with E-state index in [2.05, 4.69) is 15.2 Å². The normalized spacial score (nSPS) is 21.0. The third-order valence-electron chi connectivity index (χ3n) is 6.17. The standard InChI is InChI=1S/C25H35ClN4O5/c1-17-21(25(32)33-2)22(18-5-3-6-19(26)15-18)23(20(29-17)16-35-12-7-27)24(31)28-8-4-9-30-10-13-34-14-11-30/h3,5-6,15,21-22H,4,7-14,16,27H2,1-2H3,(H,28,31). The van der Waals surface area contributed by atoms with Gasteiger partial charge in [-0.15, -0.1) is 0 Å². The van der Waals surface area contributed by atoms with Gasteiger partial charge in [-0.3, -0.25) is 19.5 Å². The number of benzene rings is 1. The number of rotatable bonds is 11. The van der Waals surface area contributed by atoms with Gasteiger partial charge in [-0.25, -0.2) is 0 Å². The van der Waals surface area contributed by atoms with Crippen LogP contribution in [-0.2, 0) is 23.8 Å². The number of esters is 1. The molecule has 1 aromatic carbocycles. The molecule has 0 saturated carbocycles. The number of methoxy groups -OCH3 is 1. The molecule has 0 bridgehead atoms. The Hall–Kier alpha value is -2.30. The van der Waals surface area contributed by atoms with E-state index < -0.39 is 17.8 Å². The molecule has 35 heavy (non-hydrogen) atoms. The Labute approximate surface area is 211 Å². The Bertz CT molecular complexity index is 946. The molecule has 2 aliphatic heterocycles. The van der Waals surface area contributed by atoms with Gasteiger partial charge >= 0.3 is 5.97 Å². The smallest absolute Gasteiger partial charge is 0.315 e. The van der Waals surface area contributed by atoms with Crippen LogP contribution in [0.3, 0.4) is 0 Å². The number of amides is 1. The maximum atomic E-state index is 13.6. The molecule has 1 aromatic rings. The van der Waals surface area contributed by atoms with E-state index in [4.69, 9.17) is 31.5 Å². The minimum Gasteiger partial charge on any atom is -0.468 e. The number of carbonyl (C=O) groups is 2. The summed E-state index contributed by atoms with van der Waals surface area (Å²) in [5, 5.41) is 3.54. The molecule has 2 heterocycles. The summed E-state index contributed by atoms with van der Waals surface area (Å²) in [6, 6.07) is 7.18. The largest absolute Gasteiger partial charge is 0.468 e. The molecule has 9 nitrogen and oxygen atoms in total. The van der Waals surface area contributed by atoms with Crippen molar-refractivity contribution in [2.75, 3.05) is 66.3 Å². The number of aliphatic imine (C=N–C) groups is 1. The Morgan fingerprint density at radius 3 is 2.77 bits per heavy atom. The summed E-state index contributed by atoms with van der Waals surface area (Å²) in [5.41, 5.74) is 7.73. The first-order valence-corrected chi connectivity index (χ1v) is 12.3. The van der Waals surface area contributed by atoms with Crippen LogP contribution >= 0.6 is 11.6 Å². The second-order valence-electron chi connectivity index (χ2n) is 8.55. The molecular weight excluding hydrogens is 472 g/mol. The molecule has 2 atom stereocenters. The van der Waals surface area contributed by atoms with Gasteiger partial charge in [0.05, 0.1) is 39.2 Å². The van der Waals surface area contributed by atoms with E-state index in [0.29, 0.717) is 41.7 Å². The minimum absolute atomic E-state index is 0.107. The van der Waals surface area contributed by atoms with Crippen molar-refractivity contribution in [3.63, 3.8) is 0 Å². The third-order valence-corrected chi connectivity index (χ3v) is 6.40. The maximum Gasteiger partial charge on any atom is 0.315 e. The van der Waals surface area contributed by atoms with Crippen molar-refractivity contribution in [1.29, 1.82) is 0 Å². The topological polar surface area (TPSA) is 115 Å². The number of halogens is 1. The highest BCUT2D eigenvalue weighted by atomic mass is 35.5. The lowest BCUT2D eigenvalue weighted by molar-refractivity contribution is -0.143. The average Bonchev–Trinajstić information content (AvgIpc) is 2.86. The van der Waals surface area contributed by atoms with E-state index in [0.717, 1.165) is 44.8 Å². The zero-order valence-corrected chi connectivity index (χ0v) is 21.2. The number of hydrogen-bond donors (Lipinski definition) is 2. The van der Waals surface area contributed by atoms with Crippen LogP contribution in [0, 0.1) is 5.92 Å². The number of hydrogen-bond acceptors (Lipinski definition) is 8. The molecule has 10 heteroatoms. The van der Waals surface area contributed by atoms with Crippen molar-refractivity contribution >= 4 is 29.2 Å². The Kier molecular flexibility index (Phi) is 10.7. The molecule has 2 unspecified atom stereocenters. The van der Waals surface area contributed by atoms with Crippen molar-refractivity contribution in [3.8, 4) is 0 Å². The van der Waals surface area contributed by atoms with Gasteiger partial charge in [0.2, 0.25) is 5.91 Å². The fraction of sp³-hybridized carbons (Fsp3) is 0.560. The van der Waals surface area contributed by atoms with Gasteiger partial charge in [0.1, 0.15) is 5.92 Å². The minimum atomic E-state index is -0.758. The van der Waals surface area contributed by atoms with Crippen molar-refractivity contribution in [3.05, 3.63) is 46.1 Å².